The van der Waals surface area contributed by atoms with E-state index in [-0.39, 0.29) is 0 Å². The Balaban J connectivity index is 2.15. The van der Waals surface area contributed by atoms with Crippen LogP contribution >= 0.6 is 39.0 Å². The van der Waals surface area contributed by atoms with E-state index in [4.69, 9.17) is 9.47 Å². The summed E-state index contributed by atoms with van der Waals surface area (Å²) in [7, 11) is 5.14. The summed E-state index contributed by atoms with van der Waals surface area (Å²) in [6, 6.07) is 3.88. The molecule has 5 nitrogen and oxygen atoms in total. The number of benzene rings is 1. The van der Waals surface area contributed by atoms with E-state index >= 15 is 0 Å². The summed E-state index contributed by atoms with van der Waals surface area (Å²) in [5.74, 6) is 2.35. The molecule has 1 heterocycles. The van der Waals surface area contributed by atoms with E-state index in [1.54, 1.807) is 26.0 Å². The van der Waals surface area contributed by atoms with Gasteiger partial charge in [0.15, 0.2) is 4.34 Å². The van der Waals surface area contributed by atoms with Crippen LogP contribution in [-0.2, 0) is 5.75 Å². The summed E-state index contributed by atoms with van der Waals surface area (Å²) in [4.78, 5) is 0. The van der Waals surface area contributed by atoms with E-state index in [2.05, 4.69) is 31.4 Å². The summed E-state index contributed by atoms with van der Waals surface area (Å²) in [5, 5.41) is 11.9. The molecule has 20 heavy (non-hydrogen) atoms. The maximum atomic E-state index is 5.40. The second kappa shape index (κ2) is 7.14. The molecule has 0 atom stereocenters. The molecule has 1 aromatic carbocycles. The molecule has 0 saturated carbocycles. The SMILES string of the molecule is CNc1nnc(SCc2cc(OC)c(Br)cc2OC)s1. The van der Waals surface area contributed by atoms with E-state index in [9.17, 15) is 0 Å². The average molecular weight is 376 g/mol. The molecule has 2 rings (SSSR count). The van der Waals surface area contributed by atoms with E-state index in [1.165, 1.54) is 11.3 Å². The Morgan fingerprint density at radius 3 is 2.60 bits per heavy atom. The molecule has 2 aromatic rings. The van der Waals surface area contributed by atoms with Crippen LogP contribution in [0.2, 0.25) is 0 Å². The molecule has 108 valence electrons. The predicted molar refractivity (Wildman–Crippen MR) is 86.3 cm³/mol. The third-order valence-corrected chi connectivity index (χ3v) is 5.27. The van der Waals surface area contributed by atoms with Crippen LogP contribution in [0.25, 0.3) is 0 Å². The maximum Gasteiger partial charge on any atom is 0.206 e. The Kier molecular flexibility index (Phi) is 5.50. The predicted octanol–water partition coefficient (Wildman–Crippen LogP) is 3.65. The molecule has 0 spiro atoms. The number of anilines is 1. The van der Waals surface area contributed by atoms with Gasteiger partial charge in [-0.05, 0) is 28.1 Å². The topological polar surface area (TPSA) is 56.3 Å². The quantitative estimate of drug-likeness (QED) is 0.777. The lowest BCUT2D eigenvalue weighted by molar-refractivity contribution is 0.398. The van der Waals surface area contributed by atoms with Crippen molar-refractivity contribution in [2.45, 2.75) is 10.1 Å². The molecule has 8 heteroatoms. The Morgan fingerprint density at radius 1 is 1.25 bits per heavy atom. The average Bonchev–Trinajstić information content (AvgIpc) is 2.93. The minimum Gasteiger partial charge on any atom is -0.496 e. The molecular weight excluding hydrogens is 362 g/mol. The third kappa shape index (κ3) is 3.56. The first-order chi connectivity index (χ1) is 9.67. The number of halogens is 1. The van der Waals surface area contributed by atoms with Crippen LogP contribution in [0.5, 0.6) is 11.5 Å². The van der Waals surface area contributed by atoms with Crippen LogP contribution in [0, 0.1) is 0 Å². The zero-order valence-corrected chi connectivity index (χ0v) is 14.5. The van der Waals surface area contributed by atoms with E-state index in [0.29, 0.717) is 0 Å². The molecular formula is C12H14BrN3O2S2. The van der Waals surface area contributed by atoms with Gasteiger partial charge in [0, 0.05) is 18.4 Å². The monoisotopic (exact) mass is 375 g/mol. The van der Waals surface area contributed by atoms with E-state index in [1.807, 2.05) is 19.2 Å². The highest BCUT2D eigenvalue weighted by Crippen LogP contribution is 2.36. The Labute approximate surface area is 134 Å². The first kappa shape index (κ1) is 15.4. The van der Waals surface area contributed by atoms with Crippen molar-refractivity contribution >= 4 is 44.2 Å². The molecule has 0 radical (unpaired) electrons. The Bertz CT molecular complexity index is 592. The molecule has 1 aromatic heterocycles. The molecule has 0 saturated heterocycles. The van der Waals surface area contributed by atoms with Gasteiger partial charge in [0.2, 0.25) is 5.13 Å². The fourth-order valence-electron chi connectivity index (χ4n) is 1.55. The highest BCUT2D eigenvalue weighted by molar-refractivity contribution is 9.10. The Hall–Kier alpha value is -0.990. The summed E-state index contributed by atoms with van der Waals surface area (Å²) >= 11 is 6.60. The van der Waals surface area contributed by atoms with Crippen LogP contribution in [0.1, 0.15) is 5.56 Å². The lowest BCUT2D eigenvalue weighted by Crippen LogP contribution is -1.93. The van der Waals surface area contributed by atoms with Crippen LogP contribution in [0.15, 0.2) is 20.9 Å². The highest BCUT2D eigenvalue weighted by Gasteiger charge is 2.11. The van der Waals surface area contributed by atoms with Crippen molar-refractivity contribution < 1.29 is 9.47 Å². The second-order valence-corrected chi connectivity index (χ2v) is 6.76. The number of ether oxygens (including phenoxy) is 2. The smallest absolute Gasteiger partial charge is 0.206 e. The molecule has 0 amide bonds. The fraction of sp³-hybridized carbons (Fsp3) is 0.333. The molecule has 0 aliphatic carbocycles. The number of rotatable bonds is 6. The van der Waals surface area contributed by atoms with Gasteiger partial charge in [-0.25, -0.2) is 0 Å². The first-order valence-corrected chi connectivity index (χ1v) is 8.32. The van der Waals surface area contributed by atoms with Gasteiger partial charge in [-0.2, -0.15) is 0 Å². The van der Waals surface area contributed by atoms with Gasteiger partial charge < -0.3 is 14.8 Å². The van der Waals surface area contributed by atoms with Crippen molar-refractivity contribution in [2.75, 3.05) is 26.6 Å². The molecule has 1 N–H and O–H groups in total. The number of hydrogen-bond acceptors (Lipinski definition) is 7. The van der Waals surface area contributed by atoms with Crippen LogP contribution in [0.3, 0.4) is 0 Å². The van der Waals surface area contributed by atoms with Crippen molar-refractivity contribution in [1.82, 2.24) is 10.2 Å². The largest absolute Gasteiger partial charge is 0.496 e. The summed E-state index contributed by atoms with van der Waals surface area (Å²) < 4.78 is 12.5. The van der Waals surface area contributed by atoms with E-state index in [0.717, 1.165) is 36.8 Å². The zero-order valence-electron chi connectivity index (χ0n) is 11.3. The van der Waals surface area contributed by atoms with Crippen molar-refractivity contribution in [1.29, 1.82) is 0 Å². The lowest BCUT2D eigenvalue weighted by Gasteiger charge is -2.11. The molecule has 0 aliphatic rings. The Morgan fingerprint density at radius 2 is 2.00 bits per heavy atom. The van der Waals surface area contributed by atoms with Gasteiger partial charge >= 0.3 is 0 Å². The van der Waals surface area contributed by atoms with Crippen LogP contribution in [-0.4, -0.2) is 31.5 Å². The summed E-state index contributed by atoms with van der Waals surface area (Å²) in [6.07, 6.45) is 0. The number of aromatic nitrogens is 2. The zero-order chi connectivity index (χ0) is 14.5. The highest BCUT2D eigenvalue weighted by atomic mass is 79.9. The van der Waals surface area contributed by atoms with Gasteiger partial charge in [-0.3, -0.25) is 0 Å². The van der Waals surface area contributed by atoms with Crippen LogP contribution in [0.4, 0.5) is 5.13 Å². The number of thioether (sulfide) groups is 1. The van der Waals surface area contributed by atoms with Gasteiger partial charge in [-0.15, -0.1) is 10.2 Å². The molecule has 0 unspecified atom stereocenters. The fourth-order valence-corrected chi connectivity index (χ4v) is 3.71. The van der Waals surface area contributed by atoms with Crippen molar-refractivity contribution in [3.8, 4) is 11.5 Å². The van der Waals surface area contributed by atoms with Crippen molar-refractivity contribution in [3.63, 3.8) is 0 Å². The van der Waals surface area contributed by atoms with Gasteiger partial charge in [0.25, 0.3) is 0 Å². The maximum absolute atomic E-state index is 5.40. The molecule has 0 bridgehead atoms. The lowest BCUT2D eigenvalue weighted by atomic mass is 10.2. The normalized spacial score (nSPS) is 10.4. The van der Waals surface area contributed by atoms with Crippen molar-refractivity contribution in [3.05, 3.63) is 22.2 Å². The summed E-state index contributed by atoms with van der Waals surface area (Å²) in [5.41, 5.74) is 1.05. The van der Waals surface area contributed by atoms with Gasteiger partial charge in [0.1, 0.15) is 11.5 Å². The number of nitrogens with zero attached hydrogens (tertiary/aromatic N) is 2. The number of hydrogen-bond donors (Lipinski definition) is 1. The molecule has 0 aliphatic heterocycles. The van der Waals surface area contributed by atoms with Gasteiger partial charge in [-0.1, -0.05) is 23.1 Å². The summed E-state index contributed by atoms with van der Waals surface area (Å²) in [6.45, 7) is 0. The molecule has 0 fully saturated rings. The van der Waals surface area contributed by atoms with Gasteiger partial charge in [0.05, 0.1) is 18.7 Å². The van der Waals surface area contributed by atoms with Crippen molar-refractivity contribution in [2.24, 2.45) is 0 Å². The standard InChI is InChI=1S/C12H14BrN3O2S2/c1-14-11-15-16-12(20-11)19-6-7-4-10(18-3)8(13)5-9(7)17-2/h4-5H,6H2,1-3H3,(H,14,15). The van der Waals surface area contributed by atoms with E-state index < -0.39 is 0 Å². The number of nitrogens with one attached hydrogen (secondary N) is 1. The first-order valence-electron chi connectivity index (χ1n) is 5.72. The minimum atomic E-state index is 0.741. The third-order valence-electron chi connectivity index (χ3n) is 2.53. The van der Waals surface area contributed by atoms with Crippen LogP contribution < -0.4 is 14.8 Å². The second-order valence-electron chi connectivity index (χ2n) is 3.71. The minimum absolute atomic E-state index is 0.741. The number of methoxy groups -OCH3 is 2.